The summed E-state index contributed by atoms with van der Waals surface area (Å²) in [7, 11) is 0. The van der Waals surface area contributed by atoms with Gasteiger partial charge in [-0.15, -0.1) is 0 Å². The Morgan fingerprint density at radius 3 is 1.90 bits per heavy atom. The summed E-state index contributed by atoms with van der Waals surface area (Å²) in [5.74, 6) is -9.65. The van der Waals surface area contributed by atoms with Crippen LogP contribution >= 0.6 is 0 Å². The molecule has 1 unspecified atom stereocenters. The van der Waals surface area contributed by atoms with Gasteiger partial charge >= 0.3 is 0 Å². The second kappa shape index (κ2) is 10.2. The van der Waals surface area contributed by atoms with E-state index in [9.17, 15) is 22.0 Å². The summed E-state index contributed by atoms with van der Waals surface area (Å²) in [6, 6.07) is -0.0618. The molecule has 20 heavy (non-hydrogen) atoms. The van der Waals surface area contributed by atoms with Crippen LogP contribution in [0.25, 0.3) is 0 Å². The molecule has 2 N–H and O–H groups in total. The minimum atomic E-state index is -2.14. The highest BCUT2D eigenvalue weighted by Crippen LogP contribution is 2.16. The predicted molar refractivity (Wildman–Crippen MR) is 62.2 cm³/mol. The summed E-state index contributed by atoms with van der Waals surface area (Å²) in [6.45, 7) is 7.80. The summed E-state index contributed by atoms with van der Waals surface area (Å²) < 4.78 is 69.9. The Balaban J connectivity index is 0. The molecule has 116 valence electrons. The van der Waals surface area contributed by atoms with Crippen LogP contribution in [0.2, 0.25) is 0 Å². The van der Waals surface area contributed by atoms with Gasteiger partial charge in [-0.1, -0.05) is 6.58 Å². The highest BCUT2D eigenvalue weighted by molar-refractivity contribution is 5.12. The molecule has 8 heteroatoms. The fourth-order valence-corrected chi connectivity index (χ4v) is 0.954. The molecular formula is C12H15F5O3. The zero-order chi connectivity index (χ0) is 15.0. The van der Waals surface area contributed by atoms with Gasteiger partial charge in [-0.05, 0) is 13.8 Å². The van der Waals surface area contributed by atoms with Gasteiger partial charge in [0.05, 0.1) is 6.26 Å². The summed E-state index contributed by atoms with van der Waals surface area (Å²) in [5, 5.41) is 0. The van der Waals surface area contributed by atoms with Crippen molar-refractivity contribution in [3.05, 3.63) is 48.0 Å². The van der Waals surface area contributed by atoms with E-state index in [4.69, 9.17) is 9.47 Å². The van der Waals surface area contributed by atoms with Crippen LogP contribution in [0.15, 0.2) is 18.9 Å². The van der Waals surface area contributed by atoms with E-state index >= 15 is 0 Å². The average Bonchev–Trinajstić information content (AvgIpc) is 2.35. The topological polar surface area (TPSA) is 50.0 Å². The van der Waals surface area contributed by atoms with Crippen molar-refractivity contribution in [1.29, 1.82) is 0 Å². The van der Waals surface area contributed by atoms with Crippen molar-refractivity contribution in [3.63, 3.8) is 0 Å². The van der Waals surface area contributed by atoms with E-state index in [-0.39, 0.29) is 17.8 Å². The van der Waals surface area contributed by atoms with Crippen LogP contribution in [0.3, 0.4) is 0 Å². The third-order valence-corrected chi connectivity index (χ3v) is 1.75. The molecule has 3 nitrogen and oxygen atoms in total. The van der Waals surface area contributed by atoms with Crippen LogP contribution in [0.4, 0.5) is 22.0 Å². The second-order valence-electron chi connectivity index (χ2n) is 3.11. The molecule has 0 saturated carbocycles. The molecule has 1 aromatic rings. The fourth-order valence-electron chi connectivity index (χ4n) is 0.954. The maximum absolute atomic E-state index is 12.0. The first-order chi connectivity index (χ1) is 8.84. The lowest BCUT2D eigenvalue weighted by molar-refractivity contribution is -0.0878. The van der Waals surface area contributed by atoms with E-state index in [1.165, 1.54) is 6.26 Å². The molecule has 0 aromatic heterocycles. The number of ether oxygens (including phenoxy) is 2. The van der Waals surface area contributed by atoms with Crippen molar-refractivity contribution in [1.82, 2.24) is 0 Å². The average molecular weight is 302 g/mol. The first-order valence-electron chi connectivity index (χ1n) is 5.21. The zero-order valence-electron chi connectivity index (χ0n) is 10.9. The van der Waals surface area contributed by atoms with Gasteiger partial charge in [0.1, 0.15) is 0 Å². The van der Waals surface area contributed by atoms with E-state index in [2.05, 4.69) is 6.58 Å². The van der Waals surface area contributed by atoms with Crippen LogP contribution in [0, 0.1) is 29.1 Å². The lowest BCUT2D eigenvalue weighted by Gasteiger charge is -2.08. The molecule has 0 spiro atoms. The maximum Gasteiger partial charge on any atom is 0.200 e. The van der Waals surface area contributed by atoms with Crippen LogP contribution in [-0.4, -0.2) is 18.4 Å². The second-order valence-corrected chi connectivity index (χ2v) is 3.11. The molecule has 0 aliphatic heterocycles. The van der Waals surface area contributed by atoms with Gasteiger partial charge in [-0.3, -0.25) is 0 Å². The highest BCUT2D eigenvalue weighted by atomic mass is 19.2. The molecule has 1 rings (SSSR count). The van der Waals surface area contributed by atoms with Crippen molar-refractivity contribution in [2.45, 2.75) is 20.1 Å². The number of rotatable bonds is 4. The third kappa shape index (κ3) is 6.48. The minimum absolute atomic E-state index is 0. The van der Waals surface area contributed by atoms with Crippen LogP contribution in [-0.2, 0) is 9.47 Å². The molecule has 0 heterocycles. The Morgan fingerprint density at radius 2 is 1.55 bits per heavy atom. The predicted octanol–water partition coefficient (Wildman–Crippen LogP) is 3.09. The molecule has 0 fully saturated rings. The van der Waals surface area contributed by atoms with E-state index in [1.54, 1.807) is 0 Å². The molecular weight excluding hydrogens is 287 g/mol. The van der Waals surface area contributed by atoms with Crippen molar-refractivity contribution in [2.75, 3.05) is 6.61 Å². The zero-order valence-corrected chi connectivity index (χ0v) is 10.9. The number of benzene rings is 1. The number of halogens is 5. The summed E-state index contributed by atoms with van der Waals surface area (Å²) in [5.41, 5.74) is 0. The SMILES string of the molecule is C=COC(C)OCC.Fc1cc(F)c(F)c(F)c1F.O. The summed E-state index contributed by atoms with van der Waals surface area (Å²) >= 11 is 0. The molecule has 0 aliphatic carbocycles. The van der Waals surface area contributed by atoms with Crippen LogP contribution in [0.1, 0.15) is 13.8 Å². The first-order valence-corrected chi connectivity index (χ1v) is 5.21. The molecule has 0 amide bonds. The third-order valence-electron chi connectivity index (χ3n) is 1.75. The molecule has 0 saturated heterocycles. The normalized spacial score (nSPS) is 10.8. The molecule has 0 radical (unpaired) electrons. The van der Waals surface area contributed by atoms with Gasteiger partial charge in [0.15, 0.2) is 29.6 Å². The highest BCUT2D eigenvalue weighted by Gasteiger charge is 2.18. The Bertz CT molecular complexity index is 400. The number of hydrogen-bond donors (Lipinski definition) is 0. The lowest BCUT2D eigenvalue weighted by Crippen LogP contribution is -2.08. The Labute approximate surface area is 112 Å². The molecule has 0 aliphatic rings. The van der Waals surface area contributed by atoms with Crippen molar-refractivity contribution in [2.24, 2.45) is 0 Å². The van der Waals surface area contributed by atoms with Crippen molar-refractivity contribution < 1.29 is 36.9 Å². The lowest BCUT2D eigenvalue weighted by atomic mass is 10.3. The molecule has 0 bridgehead atoms. The standard InChI is InChI=1S/C6HF5.C6H12O2.H2O/c7-2-1-3(8)5(10)6(11)4(2)9;1-4-7-6(3)8-5-2;/h1H;4,6H,1,5H2,2-3H3;1H2. The molecule has 1 aromatic carbocycles. The van der Waals surface area contributed by atoms with Gasteiger partial charge in [-0.25, -0.2) is 22.0 Å². The minimum Gasteiger partial charge on any atom is -0.473 e. The van der Waals surface area contributed by atoms with Gasteiger partial charge in [0, 0.05) is 12.7 Å². The van der Waals surface area contributed by atoms with E-state index in [0.29, 0.717) is 6.61 Å². The van der Waals surface area contributed by atoms with E-state index in [1.807, 2.05) is 13.8 Å². The van der Waals surface area contributed by atoms with E-state index < -0.39 is 29.1 Å². The van der Waals surface area contributed by atoms with Gasteiger partial charge < -0.3 is 14.9 Å². The van der Waals surface area contributed by atoms with Crippen molar-refractivity contribution >= 4 is 0 Å². The summed E-state index contributed by atoms with van der Waals surface area (Å²) in [4.78, 5) is 0. The van der Waals surface area contributed by atoms with Crippen LogP contribution < -0.4 is 0 Å². The Morgan fingerprint density at radius 1 is 1.10 bits per heavy atom. The molecule has 1 atom stereocenters. The largest absolute Gasteiger partial charge is 0.473 e. The summed E-state index contributed by atoms with van der Waals surface area (Å²) in [6.07, 6.45) is 1.22. The van der Waals surface area contributed by atoms with Crippen molar-refractivity contribution in [3.8, 4) is 0 Å². The Hall–Kier alpha value is -1.67. The smallest absolute Gasteiger partial charge is 0.200 e. The van der Waals surface area contributed by atoms with Gasteiger partial charge in [0.2, 0.25) is 5.82 Å². The first kappa shape index (κ1) is 20.6. The van der Waals surface area contributed by atoms with Gasteiger partial charge in [-0.2, -0.15) is 0 Å². The number of hydrogen-bond acceptors (Lipinski definition) is 2. The van der Waals surface area contributed by atoms with Crippen LogP contribution in [0.5, 0.6) is 0 Å². The fraction of sp³-hybridized carbons (Fsp3) is 0.333. The Kier molecular flexibility index (Phi) is 10.5. The quantitative estimate of drug-likeness (QED) is 0.282. The van der Waals surface area contributed by atoms with Gasteiger partial charge in [0.25, 0.3) is 0 Å². The van der Waals surface area contributed by atoms with E-state index in [0.717, 1.165) is 0 Å². The maximum atomic E-state index is 12.0. The monoisotopic (exact) mass is 302 g/mol.